The third-order valence-electron chi connectivity index (χ3n) is 2.20. The summed E-state index contributed by atoms with van der Waals surface area (Å²) in [6.07, 6.45) is 3.76. The lowest BCUT2D eigenvalue weighted by Gasteiger charge is -2.06. The molecule has 0 aliphatic carbocycles. The maximum Gasteiger partial charge on any atom is 0.0678 e. The summed E-state index contributed by atoms with van der Waals surface area (Å²) in [5.41, 5.74) is 4.56. The molecule has 1 aromatic rings. The van der Waals surface area contributed by atoms with E-state index in [2.05, 4.69) is 12.6 Å². The second-order valence-electron chi connectivity index (χ2n) is 3.78. The summed E-state index contributed by atoms with van der Waals surface area (Å²) in [5, 5.41) is 7.98. The van der Waals surface area contributed by atoms with E-state index in [1.54, 1.807) is 0 Å². The van der Waals surface area contributed by atoms with E-state index < -0.39 is 0 Å². The van der Waals surface area contributed by atoms with Crippen molar-refractivity contribution in [3.05, 3.63) is 59.2 Å². The monoisotopic (exact) mass is 199 g/mol. The molecular formula is C14H17N. The van der Waals surface area contributed by atoms with Crippen molar-refractivity contribution in [1.29, 1.82) is 5.41 Å². The van der Waals surface area contributed by atoms with Crippen molar-refractivity contribution >= 4 is 5.71 Å². The van der Waals surface area contributed by atoms with E-state index in [4.69, 9.17) is 5.41 Å². The Morgan fingerprint density at radius 2 is 1.73 bits per heavy atom. The molecule has 1 heteroatoms. The Kier molecular flexibility index (Phi) is 3.62. The second-order valence-corrected chi connectivity index (χ2v) is 3.78. The standard InChI is InChI=1S/C14H17N/c1-5-6-12(4)14(15)13-8-10(2)7-11(3)9-13/h5-9,15H,4H2,1-3H3/b6-5-,15-14?. The van der Waals surface area contributed by atoms with E-state index in [1.807, 2.05) is 45.1 Å². The summed E-state index contributed by atoms with van der Waals surface area (Å²) in [5.74, 6) is 0. The first-order valence-corrected chi connectivity index (χ1v) is 5.03. The van der Waals surface area contributed by atoms with Crippen LogP contribution in [0.2, 0.25) is 0 Å². The summed E-state index contributed by atoms with van der Waals surface area (Å²) in [6.45, 7) is 9.89. The SMILES string of the molecule is C=C(/C=C\C)C(=N)c1cc(C)cc(C)c1. The van der Waals surface area contributed by atoms with E-state index in [9.17, 15) is 0 Å². The van der Waals surface area contributed by atoms with Gasteiger partial charge in [-0.2, -0.15) is 0 Å². The van der Waals surface area contributed by atoms with Crippen LogP contribution < -0.4 is 0 Å². The maximum absolute atomic E-state index is 7.98. The molecule has 1 aromatic carbocycles. The van der Waals surface area contributed by atoms with Gasteiger partial charge in [0.15, 0.2) is 0 Å². The fourth-order valence-electron chi connectivity index (χ4n) is 1.59. The molecule has 1 N–H and O–H groups in total. The van der Waals surface area contributed by atoms with Gasteiger partial charge in [0.1, 0.15) is 0 Å². The van der Waals surface area contributed by atoms with E-state index in [0.29, 0.717) is 5.71 Å². The van der Waals surface area contributed by atoms with Crippen molar-refractivity contribution in [1.82, 2.24) is 0 Å². The molecule has 0 aliphatic heterocycles. The van der Waals surface area contributed by atoms with Crippen molar-refractivity contribution in [2.45, 2.75) is 20.8 Å². The van der Waals surface area contributed by atoms with Gasteiger partial charge in [0.25, 0.3) is 0 Å². The zero-order valence-electron chi connectivity index (χ0n) is 9.59. The lowest BCUT2D eigenvalue weighted by Crippen LogP contribution is -2.01. The van der Waals surface area contributed by atoms with E-state index >= 15 is 0 Å². The Morgan fingerprint density at radius 1 is 1.20 bits per heavy atom. The molecule has 0 saturated heterocycles. The van der Waals surface area contributed by atoms with Crippen LogP contribution in [-0.2, 0) is 0 Å². The number of hydrogen-bond acceptors (Lipinski definition) is 1. The van der Waals surface area contributed by atoms with Gasteiger partial charge in [-0.05, 0) is 38.5 Å². The summed E-state index contributed by atoms with van der Waals surface area (Å²) in [6, 6.07) is 6.14. The molecule has 0 heterocycles. The third-order valence-corrected chi connectivity index (χ3v) is 2.20. The fourth-order valence-corrected chi connectivity index (χ4v) is 1.59. The molecule has 0 radical (unpaired) electrons. The Bertz CT molecular complexity index is 405. The van der Waals surface area contributed by atoms with Crippen LogP contribution in [0, 0.1) is 19.3 Å². The summed E-state index contributed by atoms with van der Waals surface area (Å²) >= 11 is 0. The third kappa shape index (κ3) is 2.91. The molecular weight excluding hydrogens is 182 g/mol. The number of hydrogen-bond donors (Lipinski definition) is 1. The molecule has 78 valence electrons. The predicted molar refractivity (Wildman–Crippen MR) is 66.7 cm³/mol. The van der Waals surface area contributed by atoms with Crippen molar-refractivity contribution in [3.63, 3.8) is 0 Å². The van der Waals surface area contributed by atoms with Gasteiger partial charge in [-0.25, -0.2) is 0 Å². The summed E-state index contributed by atoms with van der Waals surface area (Å²) in [7, 11) is 0. The minimum Gasteiger partial charge on any atom is -0.300 e. The van der Waals surface area contributed by atoms with Crippen LogP contribution in [0.1, 0.15) is 23.6 Å². The Morgan fingerprint density at radius 3 is 2.20 bits per heavy atom. The fraction of sp³-hybridized carbons (Fsp3) is 0.214. The van der Waals surface area contributed by atoms with Crippen LogP contribution in [0.4, 0.5) is 0 Å². The molecule has 1 rings (SSSR count). The lowest BCUT2D eigenvalue weighted by molar-refractivity contribution is 1.36. The van der Waals surface area contributed by atoms with E-state index in [-0.39, 0.29) is 0 Å². The number of allylic oxidation sites excluding steroid dienone is 3. The second kappa shape index (κ2) is 4.74. The molecule has 0 saturated carbocycles. The van der Waals surface area contributed by atoms with Gasteiger partial charge >= 0.3 is 0 Å². The molecule has 0 bridgehead atoms. The average Bonchev–Trinajstić information content (AvgIpc) is 2.15. The van der Waals surface area contributed by atoms with Gasteiger partial charge in [0.05, 0.1) is 5.71 Å². The topological polar surface area (TPSA) is 23.9 Å². The number of benzene rings is 1. The lowest BCUT2D eigenvalue weighted by atomic mass is 9.99. The van der Waals surface area contributed by atoms with Crippen LogP contribution in [0.3, 0.4) is 0 Å². The first kappa shape index (κ1) is 11.4. The smallest absolute Gasteiger partial charge is 0.0678 e. The van der Waals surface area contributed by atoms with Crippen molar-refractivity contribution in [2.75, 3.05) is 0 Å². The molecule has 0 unspecified atom stereocenters. The maximum atomic E-state index is 7.98. The molecule has 0 aliphatic rings. The minimum absolute atomic E-state index is 0.500. The van der Waals surface area contributed by atoms with Crippen LogP contribution in [0.5, 0.6) is 0 Å². The minimum atomic E-state index is 0.500. The number of nitrogens with one attached hydrogen (secondary N) is 1. The molecule has 0 atom stereocenters. The Labute approximate surface area is 91.7 Å². The van der Waals surface area contributed by atoms with Crippen LogP contribution >= 0.6 is 0 Å². The van der Waals surface area contributed by atoms with Gasteiger partial charge in [-0.3, -0.25) is 5.41 Å². The number of rotatable bonds is 3. The zero-order valence-corrected chi connectivity index (χ0v) is 9.59. The summed E-state index contributed by atoms with van der Waals surface area (Å²) < 4.78 is 0. The highest BCUT2D eigenvalue weighted by molar-refractivity contribution is 6.12. The van der Waals surface area contributed by atoms with Crippen molar-refractivity contribution in [3.8, 4) is 0 Å². The van der Waals surface area contributed by atoms with Gasteiger partial charge in [0, 0.05) is 5.56 Å². The molecule has 1 nitrogen and oxygen atoms in total. The molecule has 15 heavy (non-hydrogen) atoms. The van der Waals surface area contributed by atoms with E-state index in [0.717, 1.165) is 11.1 Å². The van der Waals surface area contributed by atoms with Gasteiger partial charge in [-0.15, -0.1) is 0 Å². The predicted octanol–water partition coefficient (Wildman–Crippen LogP) is 3.80. The highest BCUT2D eigenvalue weighted by atomic mass is 14.4. The number of aryl methyl sites for hydroxylation is 2. The highest BCUT2D eigenvalue weighted by Crippen LogP contribution is 2.13. The van der Waals surface area contributed by atoms with Gasteiger partial charge < -0.3 is 0 Å². The quantitative estimate of drug-likeness (QED) is 0.565. The van der Waals surface area contributed by atoms with Gasteiger partial charge in [0.2, 0.25) is 0 Å². The zero-order chi connectivity index (χ0) is 11.4. The normalized spacial score (nSPS) is 10.6. The molecule has 0 aromatic heterocycles. The largest absolute Gasteiger partial charge is 0.300 e. The first-order chi connectivity index (χ1) is 7.04. The average molecular weight is 199 g/mol. The summed E-state index contributed by atoms with van der Waals surface area (Å²) in [4.78, 5) is 0. The van der Waals surface area contributed by atoms with Crippen LogP contribution in [-0.4, -0.2) is 5.71 Å². The van der Waals surface area contributed by atoms with Crippen LogP contribution in [0.15, 0.2) is 42.5 Å². The molecule has 0 spiro atoms. The Hall–Kier alpha value is -1.63. The first-order valence-electron chi connectivity index (χ1n) is 5.03. The Balaban J connectivity index is 3.06. The molecule has 0 fully saturated rings. The van der Waals surface area contributed by atoms with Crippen LogP contribution in [0.25, 0.3) is 0 Å². The van der Waals surface area contributed by atoms with Gasteiger partial charge in [-0.1, -0.05) is 35.9 Å². The molecule has 0 amide bonds. The van der Waals surface area contributed by atoms with Crippen molar-refractivity contribution < 1.29 is 0 Å². The van der Waals surface area contributed by atoms with Crippen molar-refractivity contribution in [2.24, 2.45) is 0 Å². The van der Waals surface area contributed by atoms with E-state index in [1.165, 1.54) is 11.1 Å². The highest BCUT2D eigenvalue weighted by Gasteiger charge is 2.04.